The Bertz CT molecular complexity index is 484. The number of hydrogen-bond donors (Lipinski definition) is 1. The van der Waals surface area contributed by atoms with Crippen LogP contribution >= 0.6 is 15.9 Å². The summed E-state index contributed by atoms with van der Waals surface area (Å²) in [6, 6.07) is 8.26. The van der Waals surface area contributed by atoms with Crippen molar-refractivity contribution in [3.63, 3.8) is 0 Å². The topological polar surface area (TPSA) is 29.1 Å². The van der Waals surface area contributed by atoms with E-state index in [4.69, 9.17) is 0 Å². The molecule has 0 aliphatic heterocycles. The zero-order valence-corrected chi connectivity index (χ0v) is 13.5. The van der Waals surface area contributed by atoms with Crippen LogP contribution in [0.4, 0.5) is 0 Å². The highest BCUT2D eigenvalue weighted by molar-refractivity contribution is 9.10. The second kappa shape index (κ2) is 5.88. The van der Waals surface area contributed by atoms with Crippen LogP contribution in [-0.2, 0) is 4.79 Å². The quantitative estimate of drug-likeness (QED) is 0.865. The number of rotatable bonds is 4. The van der Waals surface area contributed by atoms with Gasteiger partial charge in [0.2, 0.25) is 5.91 Å². The average molecular weight is 336 g/mol. The third kappa shape index (κ3) is 3.08. The van der Waals surface area contributed by atoms with Crippen molar-refractivity contribution in [2.45, 2.75) is 45.1 Å². The summed E-state index contributed by atoms with van der Waals surface area (Å²) in [6.45, 7) is 2.06. The average Bonchev–Trinajstić information content (AvgIpc) is 3.01. The first kappa shape index (κ1) is 14.1. The Morgan fingerprint density at radius 2 is 2.05 bits per heavy atom. The predicted octanol–water partition coefficient (Wildman–Crippen LogP) is 4.45. The summed E-state index contributed by atoms with van der Waals surface area (Å²) in [5.41, 5.74) is 1.16. The van der Waals surface area contributed by atoms with Crippen molar-refractivity contribution in [3.8, 4) is 0 Å². The van der Waals surface area contributed by atoms with E-state index < -0.39 is 0 Å². The van der Waals surface area contributed by atoms with Gasteiger partial charge >= 0.3 is 0 Å². The van der Waals surface area contributed by atoms with E-state index in [1.54, 1.807) is 0 Å². The van der Waals surface area contributed by atoms with Crippen molar-refractivity contribution in [3.05, 3.63) is 34.3 Å². The third-order valence-corrected chi connectivity index (χ3v) is 5.61. The molecule has 0 spiro atoms. The van der Waals surface area contributed by atoms with Gasteiger partial charge in [-0.25, -0.2) is 0 Å². The second-order valence-electron chi connectivity index (χ2n) is 6.48. The summed E-state index contributed by atoms with van der Waals surface area (Å²) in [4.78, 5) is 12.2. The number of hydrogen-bond acceptors (Lipinski definition) is 1. The molecule has 20 heavy (non-hydrogen) atoms. The molecule has 1 N–H and O–H groups in total. The maximum Gasteiger partial charge on any atom is 0.220 e. The lowest BCUT2D eigenvalue weighted by Gasteiger charge is -2.22. The molecule has 2 nitrogen and oxygen atoms in total. The molecule has 0 aromatic heterocycles. The van der Waals surface area contributed by atoms with E-state index in [0.29, 0.717) is 5.92 Å². The summed E-state index contributed by atoms with van der Waals surface area (Å²) >= 11 is 3.44. The molecule has 1 amide bonds. The molecule has 1 aromatic carbocycles. The summed E-state index contributed by atoms with van der Waals surface area (Å²) in [5, 5.41) is 3.15. The molecule has 0 radical (unpaired) electrons. The Hall–Kier alpha value is -0.830. The van der Waals surface area contributed by atoms with Crippen LogP contribution in [0.3, 0.4) is 0 Å². The molecule has 3 heteroatoms. The van der Waals surface area contributed by atoms with Gasteiger partial charge in [-0.15, -0.1) is 0 Å². The normalized spacial score (nSPS) is 29.4. The minimum absolute atomic E-state index is 0.0918. The molecular weight excluding hydrogens is 314 g/mol. The van der Waals surface area contributed by atoms with Crippen LogP contribution in [0.1, 0.15) is 50.6 Å². The highest BCUT2D eigenvalue weighted by Crippen LogP contribution is 2.49. The highest BCUT2D eigenvalue weighted by Gasteiger charge is 2.40. The molecule has 2 aliphatic rings. The lowest BCUT2D eigenvalue weighted by atomic mass is 9.86. The van der Waals surface area contributed by atoms with Crippen molar-refractivity contribution in [2.24, 2.45) is 17.8 Å². The van der Waals surface area contributed by atoms with Crippen molar-refractivity contribution in [1.82, 2.24) is 5.32 Å². The zero-order valence-electron chi connectivity index (χ0n) is 11.9. The van der Waals surface area contributed by atoms with Crippen LogP contribution in [0, 0.1) is 17.8 Å². The molecule has 2 bridgehead atoms. The molecule has 1 aromatic rings. The maximum atomic E-state index is 12.2. The highest BCUT2D eigenvalue weighted by atomic mass is 79.9. The van der Waals surface area contributed by atoms with E-state index in [1.165, 1.54) is 25.7 Å². The van der Waals surface area contributed by atoms with Crippen molar-refractivity contribution < 1.29 is 4.79 Å². The molecule has 0 heterocycles. The Morgan fingerprint density at radius 1 is 1.30 bits per heavy atom. The molecule has 108 valence electrons. The second-order valence-corrected chi connectivity index (χ2v) is 7.40. The Labute approximate surface area is 129 Å². The van der Waals surface area contributed by atoms with E-state index in [9.17, 15) is 4.79 Å². The molecule has 0 saturated heterocycles. The van der Waals surface area contributed by atoms with Crippen LogP contribution in [0.25, 0.3) is 0 Å². The van der Waals surface area contributed by atoms with Gasteiger partial charge in [0.25, 0.3) is 0 Å². The van der Waals surface area contributed by atoms with Gasteiger partial charge in [-0.05, 0) is 61.6 Å². The lowest BCUT2D eigenvalue weighted by molar-refractivity contribution is -0.123. The van der Waals surface area contributed by atoms with Crippen LogP contribution < -0.4 is 5.32 Å². The van der Waals surface area contributed by atoms with Crippen molar-refractivity contribution in [1.29, 1.82) is 0 Å². The van der Waals surface area contributed by atoms with Gasteiger partial charge in [0.15, 0.2) is 0 Å². The van der Waals surface area contributed by atoms with Crippen LogP contribution in [0.5, 0.6) is 0 Å². The van der Waals surface area contributed by atoms with Crippen LogP contribution in [0.2, 0.25) is 0 Å². The number of amides is 1. The summed E-state index contributed by atoms with van der Waals surface area (Å²) in [6.07, 6.45) is 6.13. The maximum absolute atomic E-state index is 12.2. The van der Waals surface area contributed by atoms with Gasteiger partial charge in [0.1, 0.15) is 0 Å². The Kier molecular flexibility index (Phi) is 4.16. The number of halogens is 1. The molecule has 3 rings (SSSR count). The van der Waals surface area contributed by atoms with Gasteiger partial charge < -0.3 is 5.32 Å². The lowest BCUT2D eigenvalue weighted by Crippen LogP contribution is -2.29. The van der Waals surface area contributed by atoms with Gasteiger partial charge in [-0.2, -0.15) is 0 Å². The number of benzene rings is 1. The molecule has 4 atom stereocenters. The van der Waals surface area contributed by atoms with Crippen LogP contribution in [-0.4, -0.2) is 5.91 Å². The first-order valence-corrected chi connectivity index (χ1v) is 8.46. The monoisotopic (exact) mass is 335 g/mol. The van der Waals surface area contributed by atoms with E-state index >= 15 is 0 Å². The third-order valence-electron chi connectivity index (χ3n) is 5.08. The molecule has 2 fully saturated rings. The number of nitrogens with one attached hydrogen (secondary N) is 1. The molecule has 2 saturated carbocycles. The Balaban J connectivity index is 1.52. The van der Waals surface area contributed by atoms with Gasteiger partial charge in [-0.3, -0.25) is 4.79 Å². The first-order valence-electron chi connectivity index (χ1n) is 7.66. The van der Waals surface area contributed by atoms with Crippen molar-refractivity contribution >= 4 is 21.8 Å². The predicted molar refractivity (Wildman–Crippen MR) is 84.3 cm³/mol. The van der Waals surface area contributed by atoms with Gasteiger partial charge in [0, 0.05) is 10.9 Å². The van der Waals surface area contributed by atoms with Gasteiger partial charge in [0.05, 0.1) is 6.04 Å². The van der Waals surface area contributed by atoms with Gasteiger partial charge in [-0.1, -0.05) is 34.5 Å². The van der Waals surface area contributed by atoms with E-state index in [0.717, 1.165) is 28.3 Å². The fourth-order valence-electron chi connectivity index (χ4n) is 4.00. The molecular formula is C17H22BrNO. The molecule has 2 aliphatic carbocycles. The van der Waals surface area contributed by atoms with E-state index in [-0.39, 0.29) is 11.9 Å². The zero-order chi connectivity index (χ0) is 14.1. The summed E-state index contributed by atoms with van der Waals surface area (Å²) < 4.78 is 1.07. The minimum atomic E-state index is 0.0918. The number of carbonyl (C=O) groups is 1. The van der Waals surface area contributed by atoms with E-state index in [2.05, 4.69) is 40.3 Å². The Morgan fingerprint density at radius 3 is 2.65 bits per heavy atom. The van der Waals surface area contributed by atoms with Crippen molar-refractivity contribution in [2.75, 3.05) is 0 Å². The fraction of sp³-hybridized carbons (Fsp3) is 0.588. The van der Waals surface area contributed by atoms with Crippen LogP contribution in [0.15, 0.2) is 28.7 Å². The SMILES string of the molecule is CC(NC(=O)CC1CC2CCC1C2)c1ccc(Br)cc1. The summed E-state index contributed by atoms with van der Waals surface area (Å²) in [5.74, 6) is 2.61. The largest absolute Gasteiger partial charge is 0.350 e. The minimum Gasteiger partial charge on any atom is -0.350 e. The molecule has 4 unspecified atom stereocenters. The standard InChI is InChI=1S/C17H22BrNO/c1-11(13-4-6-16(18)7-5-13)19-17(20)10-15-9-12-2-3-14(15)8-12/h4-7,11-12,14-15H,2-3,8-10H2,1H3,(H,19,20). The summed E-state index contributed by atoms with van der Waals surface area (Å²) in [7, 11) is 0. The fourth-order valence-corrected chi connectivity index (χ4v) is 4.26. The number of fused-ring (bicyclic) bond motifs is 2. The first-order chi connectivity index (χ1) is 9.61. The smallest absolute Gasteiger partial charge is 0.220 e. The number of carbonyl (C=O) groups excluding carboxylic acids is 1. The van der Waals surface area contributed by atoms with E-state index in [1.807, 2.05) is 12.1 Å².